The average molecular weight is 408 g/mol. The number of carbonyl (C=O) groups excluding carboxylic acids is 2. The number of carbonyl (C=O) groups is 2. The molecule has 1 heterocycles. The van der Waals surface area contributed by atoms with Crippen molar-refractivity contribution in [1.82, 2.24) is 14.5 Å². The van der Waals surface area contributed by atoms with Crippen molar-refractivity contribution in [2.75, 3.05) is 32.7 Å². The van der Waals surface area contributed by atoms with Gasteiger partial charge in [-0.05, 0) is 37.0 Å². The Bertz CT molecular complexity index is 810. The Kier molecular flexibility index (Phi) is 6.72. The number of nitrogens with one attached hydrogen (secondary N) is 1. The fourth-order valence-corrected chi connectivity index (χ4v) is 5.39. The van der Waals surface area contributed by atoms with Gasteiger partial charge in [0.05, 0.1) is 4.90 Å². The van der Waals surface area contributed by atoms with Crippen molar-refractivity contribution in [2.45, 2.75) is 43.9 Å². The van der Waals surface area contributed by atoms with E-state index < -0.39 is 10.0 Å². The summed E-state index contributed by atoms with van der Waals surface area (Å²) in [5.74, 6) is 0.236. The molecule has 0 radical (unpaired) electrons. The highest BCUT2D eigenvalue weighted by Crippen LogP contribution is 2.23. The number of nitrogens with zero attached hydrogens (tertiary/aromatic N) is 2. The molecule has 0 bridgehead atoms. The van der Waals surface area contributed by atoms with Gasteiger partial charge in [0.25, 0.3) is 5.91 Å². The number of sulfonamides is 1. The van der Waals surface area contributed by atoms with Gasteiger partial charge in [-0.1, -0.05) is 25.3 Å². The first-order valence-corrected chi connectivity index (χ1v) is 11.5. The predicted molar refractivity (Wildman–Crippen MR) is 106 cm³/mol. The molecular weight excluding hydrogens is 378 g/mol. The van der Waals surface area contributed by atoms with Crippen molar-refractivity contribution in [3.05, 3.63) is 29.8 Å². The van der Waals surface area contributed by atoms with Gasteiger partial charge in [0.1, 0.15) is 0 Å². The topological polar surface area (TPSA) is 86.8 Å². The normalized spacial score (nSPS) is 19.4. The van der Waals surface area contributed by atoms with Gasteiger partial charge >= 0.3 is 0 Å². The summed E-state index contributed by atoms with van der Waals surface area (Å²) < 4.78 is 27.2. The molecule has 0 unspecified atom stereocenters. The molecule has 2 aliphatic rings. The summed E-state index contributed by atoms with van der Waals surface area (Å²) in [5, 5.41) is 2.95. The Balaban J connectivity index is 1.64. The van der Waals surface area contributed by atoms with Crippen molar-refractivity contribution in [1.29, 1.82) is 0 Å². The van der Waals surface area contributed by atoms with Crippen LogP contribution in [0.5, 0.6) is 0 Å². The van der Waals surface area contributed by atoms with E-state index in [0.29, 0.717) is 31.1 Å². The molecule has 0 spiro atoms. The van der Waals surface area contributed by atoms with E-state index >= 15 is 0 Å². The van der Waals surface area contributed by atoms with Crippen molar-refractivity contribution in [3.63, 3.8) is 0 Å². The standard InChI is InChI=1S/C20H29N3O4S/c1-16(24)22-10-12-23(13-11-22)28(26,27)19-9-5-8-18(14-19)20(25)21-15-17-6-3-2-4-7-17/h5,8-9,14,17H,2-4,6-7,10-13,15H2,1H3,(H,21,25). The van der Waals surface area contributed by atoms with Crippen LogP contribution in [0.2, 0.25) is 0 Å². The smallest absolute Gasteiger partial charge is 0.251 e. The summed E-state index contributed by atoms with van der Waals surface area (Å²) in [7, 11) is -3.69. The van der Waals surface area contributed by atoms with Crippen LogP contribution in [0, 0.1) is 5.92 Å². The second-order valence-electron chi connectivity index (χ2n) is 7.65. The van der Waals surface area contributed by atoms with E-state index in [-0.39, 0.29) is 29.8 Å². The largest absolute Gasteiger partial charge is 0.352 e. The Morgan fingerprint density at radius 1 is 1.07 bits per heavy atom. The molecule has 1 saturated carbocycles. The molecule has 2 amide bonds. The average Bonchev–Trinajstić information content (AvgIpc) is 2.73. The molecule has 0 aromatic heterocycles. The number of amides is 2. The van der Waals surface area contributed by atoms with Crippen LogP contribution in [-0.2, 0) is 14.8 Å². The van der Waals surface area contributed by atoms with Crippen molar-refractivity contribution in [2.24, 2.45) is 5.92 Å². The molecule has 1 aliphatic heterocycles. The second-order valence-corrected chi connectivity index (χ2v) is 9.59. The lowest BCUT2D eigenvalue weighted by atomic mass is 9.89. The van der Waals surface area contributed by atoms with Gasteiger partial charge in [0, 0.05) is 45.2 Å². The van der Waals surface area contributed by atoms with E-state index in [9.17, 15) is 18.0 Å². The van der Waals surface area contributed by atoms with Gasteiger partial charge in [-0.25, -0.2) is 8.42 Å². The lowest BCUT2D eigenvalue weighted by Gasteiger charge is -2.33. The highest BCUT2D eigenvalue weighted by molar-refractivity contribution is 7.89. The monoisotopic (exact) mass is 407 g/mol. The Morgan fingerprint density at radius 2 is 1.75 bits per heavy atom. The number of rotatable bonds is 5. The molecule has 8 heteroatoms. The SMILES string of the molecule is CC(=O)N1CCN(S(=O)(=O)c2cccc(C(=O)NCC3CCCCC3)c2)CC1. The minimum absolute atomic E-state index is 0.0475. The number of hydrogen-bond donors (Lipinski definition) is 1. The summed E-state index contributed by atoms with van der Waals surface area (Å²) in [6, 6.07) is 6.21. The maximum absolute atomic E-state index is 12.9. The van der Waals surface area contributed by atoms with Crippen LogP contribution in [0.25, 0.3) is 0 Å². The van der Waals surface area contributed by atoms with Gasteiger partial charge in [-0.3, -0.25) is 9.59 Å². The molecule has 1 aliphatic carbocycles. The Morgan fingerprint density at radius 3 is 2.39 bits per heavy atom. The molecular formula is C20H29N3O4S. The van der Waals surface area contributed by atoms with Crippen LogP contribution in [0.4, 0.5) is 0 Å². The zero-order chi connectivity index (χ0) is 20.1. The molecule has 2 fully saturated rings. The minimum atomic E-state index is -3.69. The van der Waals surface area contributed by atoms with Crippen LogP contribution in [0.15, 0.2) is 29.2 Å². The second kappa shape index (κ2) is 9.05. The molecule has 0 atom stereocenters. The first-order valence-electron chi connectivity index (χ1n) is 10.0. The van der Waals surface area contributed by atoms with Gasteiger partial charge in [0.15, 0.2) is 0 Å². The molecule has 1 N–H and O–H groups in total. The summed E-state index contributed by atoms with van der Waals surface area (Å²) in [6.07, 6.45) is 5.98. The zero-order valence-corrected chi connectivity index (χ0v) is 17.2. The van der Waals surface area contributed by atoms with Crippen LogP contribution < -0.4 is 5.32 Å². The molecule has 7 nitrogen and oxygen atoms in total. The van der Waals surface area contributed by atoms with E-state index in [1.807, 2.05) is 0 Å². The van der Waals surface area contributed by atoms with E-state index in [2.05, 4.69) is 5.32 Å². The Labute approximate surface area is 167 Å². The van der Waals surface area contributed by atoms with Crippen LogP contribution in [-0.4, -0.2) is 62.2 Å². The summed E-state index contributed by atoms with van der Waals surface area (Å²) in [5.41, 5.74) is 0.360. The zero-order valence-electron chi connectivity index (χ0n) is 16.4. The molecule has 1 aromatic carbocycles. The quantitative estimate of drug-likeness (QED) is 0.807. The van der Waals surface area contributed by atoms with Crippen LogP contribution >= 0.6 is 0 Å². The van der Waals surface area contributed by atoms with Crippen molar-refractivity contribution < 1.29 is 18.0 Å². The molecule has 28 heavy (non-hydrogen) atoms. The lowest BCUT2D eigenvalue weighted by Crippen LogP contribution is -2.49. The summed E-state index contributed by atoms with van der Waals surface area (Å²) in [4.78, 5) is 25.7. The number of hydrogen-bond acceptors (Lipinski definition) is 4. The van der Waals surface area contributed by atoms with Gasteiger partial charge in [-0.15, -0.1) is 0 Å². The highest BCUT2D eigenvalue weighted by Gasteiger charge is 2.29. The third-order valence-electron chi connectivity index (χ3n) is 5.69. The first kappa shape index (κ1) is 20.8. The maximum atomic E-state index is 12.9. The predicted octanol–water partition coefficient (Wildman–Crippen LogP) is 1.85. The van der Waals surface area contributed by atoms with Crippen molar-refractivity contribution >= 4 is 21.8 Å². The van der Waals surface area contributed by atoms with Gasteiger partial charge < -0.3 is 10.2 Å². The van der Waals surface area contributed by atoms with Crippen LogP contribution in [0.3, 0.4) is 0 Å². The molecule has 3 rings (SSSR count). The number of piperazine rings is 1. The molecule has 1 aromatic rings. The van der Waals surface area contributed by atoms with Gasteiger partial charge in [-0.2, -0.15) is 4.31 Å². The van der Waals surface area contributed by atoms with E-state index in [4.69, 9.17) is 0 Å². The van der Waals surface area contributed by atoms with E-state index in [1.54, 1.807) is 17.0 Å². The first-order chi connectivity index (χ1) is 13.4. The minimum Gasteiger partial charge on any atom is -0.352 e. The third-order valence-corrected chi connectivity index (χ3v) is 7.59. The fourth-order valence-electron chi connectivity index (χ4n) is 3.92. The van der Waals surface area contributed by atoms with Crippen molar-refractivity contribution in [3.8, 4) is 0 Å². The fraction of sp³-hybridized carbons (Fsp3) is 0.600. The molecule has 154 valence electrons. The van der Waals surface area contributed by atoms with E-state index in [1.165, 1.54) is 42.6 Å². The van der Waals surface area contributed by atoms with Gasteiger partial charge in [0.2, 0.25) is 15.9 Å². The highest BCUT2D eigenvalue weighted by atomic mass is 32.2. The van der Waals surface area contributed by atoms with E-state index in [0.717, 1.165) is 12.8 Å². The third kappa shape index (κ3) is 4.91. The Hall–Kier alpha value is -1.93. The summed E-state index contributed by atoms with van der Waals surface area (Å²) >= 11 is 0. The maximum Gasteiger partial charge on any atom is 0.251 e. The van der Waals surface area contributed by atoms with Crippen LogP contribution in [0.1, 0.15) is 49.4 Å². The number of benzene rings is 1. The molecule has 1 saturated heterocycles. The summed E-state index contributed by atoms with van der Waals surface area (Å²) in [6.45, 7) is 3.43. The lowest BCUT2D eigenvalue weighted by molar-refractivity contribution is -0.129.